The number of nitrogens with one attached hydrogen (secondary N) is 2. The van der Waals surface area contributed by atoms with Gasteiger partial charge in [0.05, 0.1) is 11.4 Å². The van der Waals surface area contributed by atoms with E-state index < -0.39 is 0 Å². The number of hydrogen-bond donors (Lipinski definition) is 3. The van der Waals surface area contributed by atoms with Gasteiger partial charge in [-0.3, -0.25) is 4.79 Å². The Morgan fingerprint density at radius 3 is 2.52 bits per heavy atom. The normalized spacial score (nSPS) is 13.2. The van der Waals surface area contributed by atoms with Crippen molar-refractivity contribution in [1.29, 1.82) is 0 Å². The number of hydrogen-bond acceptors (Lipinski definition) is 4. The van der Waals surface area contributed by atoms with Crippen molar-refractivity contribution in [3.63, 3.8) is 0 Å². The summed E-state index contributed by atoms with van der Waals surface area (Å²) in [6.07, 6.45) is 2.34. The monoisotopic (exact) mass is 450 g/mol. The predicted octanol–water partition coefficient (Wildman–Crippen LogP) is 5.01. The first kappa shape index (κ1) is 22.5. The molecule has 3 N–H and O–H groups in total. The number of amides is 2. The smallest absolute Gasteiger partial charge is 0.342 e. The molecule has 3 aromatic rings. The SMILES string of the molecule is CC(C)CC(=O)Nc1ccc(-c2cc(C3CC3)n(C(=O)NCc3ccc(F)cc3)n2)c(O)c1. The van der Waals surface area contributed by atoms with Gasteiger partial charge in [0.15, 0.2) is 0 Å². The average Bonchev–Trinajstić information content (AvgIpc) is 3.51. The predicted molar refractivity (Wildman–Crippen MR) is 123 cm³/mol. The third-order valence-electron chi connectivity index (χ3n) is 5.43. The number of phenols is 1. The lowest BCUT2D eigenvalue weighted by Crippen LogP contribution is -2.30. The summed E-state index contributed by atoms with van der Waals surface area (Å²) in [5.74, 6) is 0.00547. The number of carbonyl (C=O) groups excluding carboxylic acids is 2. The molecule has 1 saturated carbocycles. The van der Waals surface area contributed by atoms with Gasteiger partial charge in [0.2, 0.25) is 5.91 Å². The Labute approximate surface area is 191 Å². The molecule has 1 fully saturated rings. The molecule has 4 rings (SSSR count). The minimum Gasteiger partial charge on any atom is -0.507 e. The number of aromatic hydroxyl groups is 1. The van der Waals surface area contributed by atoms with Crippen molar-refractivity contribution in [3.05, 3.63) is 65.6 Å². The zero-order chi connectivity index (χ0) is 23.5. The van der Waals surface area contributed by atoms with Gasteiger partial charge in [-0.05, 0) is 54.7 Å². The molecule has 0 atom stereocenters. The summed E-state index contributed by atoms with van der Waals surface area (Å²) >= 11 is 0. The van der Waals surface area contributed by atoms with Gasteiger partial charge in [0, 0.05) is 36.2 Å². The second-order valence-corrected chi connectivity index (χ2v) is 8.80. The minimum atomic E-state index is -0.385. The number of benzene rings is 2. The van der Waals surface area contributed by atoms with Gasteiger partial charge in [-0.1, -0.05) is 26.0 Å². The van der Waals surface area contributed by atoms with E-state index in [1.165, 1.54) is 22.9 Å². The zero-order valence-corrected chi connectivity index (χ0v) is 18.6. The Morgan fingerprint density at radius 1 is 1.15 bits per heavy atom. The highest BCUT2D eigenvalue weighted by atomic mass is 19.1. The molecule has 33 heavy (non-hydrogen) atoms. The van der Waals surface area contributed by atoms with Crippen molar-refractivity contribution >= 4 is 17.6 Å². The van der Waals surface area contributed by atoms with Crippen LogP contribution in [0.25, 0.3) is 11.3 Å². The van der Waals surface area contributed by atoms with Crippen LogP contribution in [0, 0.1) is 11.7 Å². The molecule has 0 aliphatic heterocycles. The van der Waals surface area contributed by atoms with E-state index in [1.807, 2.05) is 19.9 Å². The van der Waals surface area contributed by atoms with Crippen molar-refractivity contribution < 1.29 is 19.1 Å². The lowest BCUT2D eigenvalue weighted by atomic mass is 10.1. The highest BCUT2D eigenvalue weighted by Crippen LogP contribution is 2.42. The number of halogens is 1. The van der Waals surface area contributed by atoms with E-state index in [1.54, 1.807) is 24.3 Å². The van der Waals surface area contributed by atoms with Crippen LogP contribution in [-0.2, 0) is 11.3 Å². The summed E-state index contributed by atoms with van der Waals surface area (Å²) in [6, 6.07) is 12.2. The lowest BCUT2D eigenvalue weighted by Gasteiger charge is -2.09. The fourth-order valence-corrected chi connectivity index (χ4v) is 3.62. The fraction of sp³-hybridized carbons (Fsp3) is 0.320. The number of rotatable bonds is 7. The fourth-order valence-electron chi connectivity index (χ4n) is 3.62. The molecular weight excluding hydrogens is 423 g/mol. The number of carbonyl (C=O) groups is 2. The highest BCUT2D eigenvalue weighted by Gasteiger charge is 2.30. The van der Waals surface area contributed by atoms with Crippen molar-refractivity contribution in [2.24, 2.45) is 5.92 Å². The van der Waals surface area contributed by atoms with E-state index in [4.69, 9.17) is 0 Å². The van der Waals surface area contributed by atoms with Crippen LogP contribution in [0.4, 0.5) is 14.9 Å². The van der Waals surface area contributed by atoms with Crippen LogP contribution in [0.5, 0.6) is 5.75 Å². The van der Waals surface area contributed by atoms with Crippen molar-refractivity contribution in [3.8, 4) is 17.0 Å². The Balaban J connectivity index is 1.52. The van der Waals surface area contributed by atoms with E-state index in [9.17, 15) is 19.1 Å². The second-order valence-electron chi connectivity index (χ2n) is 8.80. The standard InChI is InChI=1S/C25H27FN4O3/c1-15(2)11-24(32)28-19-9-10-20(23(31)12-19)21-13-22(17-5-6-17)30(29-21)25(33)27-14-16-3-7-18(26)8-4-16/h3-4,7-10,12-13,15,17,31H,5-6,11,14H2,1-2H3,(H,27,33)(H,28,32). The molecule has 172 valence electrons. The topological polar surface area (TPSA) is 96.3 Å². The van der Waals surface area contributed by atoms with E-state index in [-0.39, 0.29) is 41.9 Å². The van der Waals surface area contributed by atoms with E-state index in [0.29, 0.717) is 23.4 Å². The Morgan fingerprint density at radius 2 is 1.88 bits per heavy atom. The summed E-state index contributed by atoms with van der Waals surface area (Å²) in [5, 5.41) is 20.6. The summed E-state index contributed by atoms with van der Waals surface area (Å²) < 4.78 is 14.4. The van der Waals surface area contributed by atoms with Crippen LogP contribution in [0.1, 0.15) is 50.3 Å². The number of nitrogens with zero attached hydrogens (tertiary/aromatic N) is 2. The van der Waals surface area contributed by atoms with Gasteiger partial charge in [-0.15, -0.1) is 0 Å². The number of anilines is 1. The quantitative estimate of drug-likeness (QED) is 0.471. The molecule has 8 heteroatoms. The molecule has 0 saturated heterocycles. The van der Waals surface area contributed by atoms with Crippen molar-refractivity contribution in [2.45, 2.75) is 45.6 Å². The maximum absolute atomic E-state index is 13.1. The van der Waals surface area contributed by atoms with Crippen molar-refractivity contribution in [2.75, 3.05) is 5.32 Å². The first-order valence-electron chi connectivity index (χ1n) is 11.1. The lowest BCUT2D eigenvalue weighted by molar-refractivity contribution is -0.116. The Bertz CT molecular complexity index is 1170. The van der Waals surface area contributed by atoms with Gasteiger partial charge in [0.25, 0.3) is 0 Å². The molecular formula is C25H27FN4O3. The summed E-state index contributed by atoms with van der Waals surface area (Å²) in [6.45, 7) is 4.17. The van der Waals surface area contributed by atoms with E-state index >= 15 is 0 Å². The molecule has 1 aliphatic carbocycles. The molecule has 0 radical (unpaired) electrons. The molecule has 1 aromatic heterocycles. The first-order valence-corrected chi connectivity index (χ1v) is 11.1. The van der Waals surface area contributed by atoms with E-state index in [0.717, 1.165) is 24.1 Å². The molecule has 1 aliphatic rings. The Hall–Kier alpha value is -3.68. The first-order chi connectivity index (χ1) is 15.8. The third-order valence-corrected chi connectivity index (χ3v) is 5.43. The largest absolute Gasteiger partial charge is 0.507 e. The highest BCUT2D eigenvalue weighted by molar-refractivity contribution is 5.91. The molecule has 2 aromatic carbocycles. The average molecular weight is 451 g/mol. The summed E-state index contributed by atoms with van der Waals surface area (Å²) in [4.78, 5) is 24.8. The van der Waals surface area contributed by atoms with Crippen molar-refractivity contribution in [1.82, 2.24) is 15.1 Å². The van der Waals surface area contributed by atoms with E-state index in [2.05, 4.69) is 15.7 Å². The maximum Gasteiger partial charge on any atom is 0.342 e. The van der Waals surface area contributed by atoms with Crippen LogP contribution in [0.3, 0.4) is 0 Å². The maximum atomic E-state index is 13.1. The summed E-state index contributed by atoms with van der Waals surface area (Å²) in [7, 11) is 0. The Kier molecular flexibility index (Phi) is 6.44. The third kappa shape index (κ3) is 5.58. The summed E-state index contributed by atoms with van der Waals surface area (Å²) in [5.41, 5.74) is 3.02. The van der Waals surface area contributed by atoms with Crippen LogP contribution in [-0.4, -0.2) is 26.8 Å². The minimum absolute atomic E-state index is 0.0314. The van der Waals surface area contributed by atoms with Gasteiger partial charge in [-0.2, -0.15) is 9.78 Å². The van der Waals surface area contributed by atoms with Crippen LogP contribution >= 0.6 is 0 Å². The molecule has 0 spiro atoms. The zero-order valence-electron chi connectivity index (χ0n) is 18.6. The van der Waals surface area contributed by atoms with Gasteiger partial charge >= 0.3 is 6.03 Å². The van der Waals surface area contributed by atoms with Gasteiger partial charge in [-0.25, -0.2) is 9.18 Å². The molecule has 2 amide bonds. The second kappa shape index (κ2) is 9.44. The van der Waals surface area contributed by atoms with Crippen LogP contribution in [0.2, 0.25) is 0 Å². The number of phenolic OH excluding ortho intramolecular Hbond substituents is 1. The molecule has 1 heterocycles. The number of aromatic nitrogens is 2. The van der Waals surface area contributed by atoms with Gasteiger partial charge in [0.1, 0.15) is 11.6 Å². The molecule has 7 nitrogen and oxygen atoms in total. The van der Waals surface area contributed by atoms with Crippen LogP contribution < -0.4 is 10.6 Å². The van der Waals surface area contributed by atoms with Crippen LogP contribution in [0.15, 0.2) is 48.5 Å². The van der Waals surface area contributed by atoms with Gasteiger partial charge < -0.3 is 15.7 Å². The molecule has 0 unspecified atom stereocenters. The molecule has 0 bridgehead atoms.